The monoisotopic (exact) mass is 353 g/mol. The van der Waals surface area contributed by atoms with Crippen molar-refractivity contribution >= 4 is 12.0 Å². The Morgan fingerprint density at radius 1 is 0.962 bits per heavy atom. The summed E-state index contributed by atoms with van der Waals surface area (Å²) < 4.78 is 21.7. The molecule has 134 valence electrons. The number of rotatable bonds is 4. The lowest BCUT2D eigenvalue weighted by atomic mass is 10.1. The standard InChI is InChI=1S/C20H19NO5/c1-13(15-4-6-16-19(11-15)24-9-8-23-16)21-20(22)7-3-14-2-5-17-18(10-14)26-12-25-17/h2-7,10-11,13H,8-9,12H2,1H3,(H,21,22). The van der Waals surface area contributed by atoms with Crippen LogP contribution in [0.4, 0.5) is 0 Å². The van der Waals surface area contributed by atoms with Crippen molar-refractivity contribution in [2.75, 3.05) is 20.0 Å². The topological polar surface area (TPSA) is 66.0 Å². The first-order valence-corrected chi connectivity index (χ1v) is 8.47. The summed E-state index contributed by atoms with van der Waals surface area (Å²) >= 11 is 0. The molecular formula is C20H19NO5. The van der Waals surface area contributed by atoms with E-state index in [1.807, 2.05) is 43.3 Å². The second kappa shape index (κ2) is 7.00. The highest BCUT2D eigenvalue weighted by Crippen LogP contribution is 2.33. The van der Waals surface area contributed by atoms with Gasteiger partial charge in [-0.2, -0.15) is 0 Å². The normalized spacial score (nSPS) is 15.7. The van der Waals surface area contributed by atoms with Crippen LogP contribution in [0.5, 0.6) is 23.0 Å². The number of carbonyl (C=O) groups is 1. The average molecular weight is 353 g/mol. The van der Waals surface area contributed by atoms with Crippen LogP contribution in [0.1, 0.15) is 24.1 Å². The molecule has 2 aromatic carbocycles. The summed E-state index contributed by atoms with van der Waals surface area (Å²) in [5.41, 5.74) is 1.83. The van der Waals surface area contributed by atoms with Crippen molar-refractivity contribution in [3.8, 4) is 23.0 Å². The van der Waals surface area contributed by atoms with Gasteiger partial charge in [-0.3, -0.25) is 4.79 Å². The Bertz CT molecular complexity index is 861. The third-order valence-electron chi connectivity index (χ3n) is 4.25. The molecule has 4 rings (SSSR count). The number of benzene rings is 2. The summed E-state index contributed by atoms with van der Waals surface area (Å²) in [6.07, 6.45) is 3.25. The van der Waals surface area contributed by atoms with Crippen molar-refractivity contribution in [1.82, 2.24) is 5.32 Å². The third kappa shape index (κ3) is 3.44. The molecule has 0 spiro atoms. The number of ether oxygens (including phenoxy) is 4. The van der Waals surface area contributed by atoms with Crippen molar-refractivity contribution in [1.29, 1.82) is 0 Å². The fourth-order valence-corrected chi connectivity index (χ4v) is 2.86. The number of nitrogens with one attached hydrogen (secondary N) is 1. The van der Waals surface area contributed by atoms with Crippen LogP contribution >= 0.6 is 0 Å². The average Bonchev–Trinajstić information content (AvgIpc) is 3.13. The van der Waals surface area contributed by atoms with Gasteiger partial charge in [-0.15, -0.1) is 0 Å². The Kier molecular flexibility index (Phi) is 4.39. The van der Waals surface area contributed by atoms with Gasteiger partial charge in [-0.25, -0.2) is 0 Å². The van der Waals surface area contributed by atoms with Crippen molar-refractivity contribution < 1.29 is 23.7 Å². The molecule has 6 nitrogen and oxygen atoms in total. The molecule has 0 bridgehead atoms. The van der Waals surface area contributed by atoms with Crippen molar-refractivity contribution in [3.05, 3.63) is 53.6 Å². The Hall–Kier alpha value is -3.15. The second-order valence-corrected chi connectivity index (χ2v) is 6.08. The van der Waals surface area contributed by atoms with E-state index in [0.717, 1.165) is 22.6 Å². The first-order valence-electron chi connectivity index (χ1n) is 8.47. The van der Waals surface area contributed by atoms with Gasteiger partial charge in [0.15, 0.2) is 23.0 Å². The van der Waals surface area contributed by atoms with E-state index in [-0.39, 0.29) is 18.7 Å². The molecular weight excluding hydrogens is 334 g/mol. The van der Waals surface area contributed by atoms with E-state index >= 15 is 0 Å². The lowest BCUT2D eigenvalue weighted by Gasteiger charge is -2.20. The molecule has 1 atom stereocenters. The molecule has 2 aromatic rings. The Morgan fingerprint density at radius 2 is 1.65 bits per heavy atom. The molecule has 1 N–H and O–H groups in total. The van der Waals surface area contributed by atoms with Crippen molar-refractivity contribution in [3.63, 3.8) is 0 Å². The fraction of sp³-hybridized carbons (Fsp3) is 0.250. The van der Waals surface area contributed by atoms with E-state index in [9.17, 15) is 4.79 Å². The van der Waals surface area contributed by atoms with Crippen LogP contribution in [0.2, 0.25) is 0 Å². The van der Waals surface area contributed by atoms with Crippen molar-refractivity contribution in [2.45, 2.75) is 13.0 Å². The van der Waals surface area contributed by atoms with Crippen LogP contribution in [0.25, 0.3) is 6.08 Å². The zero-order valence-corrected chi connectivity index (χ0v) is 14.4. The molecule has 0 saturated heterocycles. The zero-order valence-electron chi connectivity index (χ0n) is 14.4. The van der Waals surface area contributed by atoms with Gasteiger partial charge in [0.05, 0.1) is 6.04 Å². The highest BCUT2D eigenvalue weighted by atomic mass is 16.7. The van der Waals surface area contributed by atoms with Gasteiger partial charge in [-0.1, -0.05) is 12.1 Å². The smallest absolute Gasteiger partial charge is 0.244 e. The summed E-state index contributed by atoms with van der Waals surface area (Å²) in [7, 11) is 0. The summed E-state index contributed by atoms with van der Waals surface area (Å²) in [6, 6.07) is 11.1. The van der Waals surface area contributed by atoms with E-state index < -0.39 is 0 Å². The van der Waals surface area contributed by atoms with Crippen LogP contribution < -0.4 is 24.3 Å². The summed E-state index contributed by atoms with van der Waals surface area (Å²) in [4.78, 5) is 12.2. The van der Waals surface area contributed by atoms with Crippen LogP contribution in [0, 0.1) is 0 Å². The summed E-state index contributed by atoms with van der Waals surface area (Å²) in [5, 5.41) is 2.95. The number of fused-ring (bicyclic) bond motifs is 2. The van der Waals surface area contributed by atoms with E-state index in [1.54, 1.807) is 6.08 Å². The minimum atomic E-state index is -0.176. The summed E-state index contributed by atoms with van der Waals surface area (Å²) in [6.45, 7) is 3.26. The molecule has 2 aliphatic heterocycles. The van der Waals surface area contributed by atoms with Gasteiger partial charge >= 0.3 is 0 Å². The van der Waals surface area contributed by atoms with Gasteiger partial charge in [0.2, 0.25) is 12.7 Å². The third-order valence-corrected chi connectivity index (χ3v) is 4.25. The first kappa shape index (κ1) is 16.3. The maximum absolute atomic E-state index is 12.2. The first-order chi connectivity index (χ1) is 12.7. The van der Waals surface area contributed by atoms with E-state index in [2.05, 4.69) is 5.32 Å². The number of hydrogen-bond acceptors (Lipinski definition) is 5. The van der Waals surface area contributed by atoms with Gasteiger partial charge < -0.3 is 24.3 Å². The van der Waals surface area contributed by atoms with Crippen LogP contribution in [0.15, 0.2) is 42.5 Å². The SMILES string of the molecule is CC(NC(=O)C=Cc1ccc2c(c1)OCO2)c1ccc2c(c1)OCCO2. The predicted molar refractivity (Wildman–Crippen MR) is 95.6 cm³/mol. The van der Waals surface area contributed by atoms with Crippen molar-refractivity contribution in [2.24, 2.45) is 0 Å². The quantitative estimate of drug-likeness (QED) is 0.856. The molecule has 1 unspecified atom stereocenters. The zero-order chi connectivity index (χ0) is 17.9. The predicted octanol–water partition coefficient (Wildman–Crippen LogP) is 3.08. The molecule has 1 amide bonds. The molecule has 0 fully saturated rings. The minimum Gasteiger partial charge on any atom is -0.486 e. The number of hydrogen-bond donors (Lipinski definition) is 1. The van der Waals surface area contributed by atoms with Gasteiger partial charge in [0.25, 0.3) is 0 Å². The number of carbonyl (C=O) groups excluding carboxylic acids is 1. The molecule has 0 radical (unpaired) electrons. The molecule has 2 aliphatic rings. The highest BCUT2D eigenvalue weighted by Gasteiger charge is 2.15. The van der Waals surface area contributed by atoms with E-state index in [0.29, 0.717) is 24.7 Å². The fourth-order valence-electron chi connectivity index (χ4n) is 2.86. The molecule has 6 heteroatoms. The molecule has 0 saturated carbocycles. The maximum Gasteiger partial charge on any atom is 0.244 e. The number of amides is 1. The minimum absolute atomic E-state index is 0.153. The van der Waals surface area contributed by atoms with Crippen LogP contribution in [0.3, 0.4) is 0 Å². The lowest BCUT2D eigenvalue weighted by molar-refractivity contribution is -0.117. The maximum atomic E-state index is 12.2. The van der Waals surface area contributed by atoms with E-state index in [1.165, 1.54) is 6.08 Å². The van der Waals surface area contributed by atoms with Gasteiger partial charge in [-0.05, 0) is 48.4 Å². The summed E-state index contributed by atoms with van der Waals surface area (Å²) in [5.74, 6) is 2.69. The Labute approximate surface area is 151 Å². The lowest BCUT2D eigenvalue weighted by Crippen LogP contribution is -2.25. The Morgan fingerprint density at radius 3 is 2.54 bits per heavy atom. The molecule has 26 heavy (non-hydrogen) atoms. The molecule has 0 aliphatic carbocycles. The highest BCUT2D eigenvalue weighted by molar-refractivity contribution is 5.92. The second-order valence-electron chi connectivity index (χ2n) is 6.08. The molecule has 0 aromatic heterocycles. The molecule has 2 heterocycles. The van der Waals surface area contributed by atoms with Crippen LogP contribution in [-0.2, 0) is 4.79 Å². The van der Waals surface area contributed by atoms with Gasteiger partial charge in [0.1, 0.15) is 13.2 Å². The van der Waals surface area contributed by atoms with E-state index in [4.69, 9.17) is 18.9 Å². The largest absolute Gasteiger partial charge is 0.486 e. The van der Waals surface area contributed by atoms with Crippen LogP contribution in [-0.4, -0.2) is 25.9 Å². The van der Waals surface area contributed by atoms with Gasteiger partial charge in [0, 0.05) is 6.08 Å². The Balaban J connectivity index is 1.39.